The van der Waals surface area contributed by atoms with E-state index < -0.39 is 0 Å². The van der Waals surface area contributed by atoms with E-state index in [1.807, 2.05) is 12.1 Å². The number of nitrogens with two attached hydrogens (primary N) is 1. The molecule has 0 spiro atoms. The SMILES string of the molecule is COCc1c(-c2cc(N)n[nH]2)ccc2c1OCO2. The minimum atomic E-state index is 0.237. The van der Waals surface area contributed by atoms with Gasteiger partial charge in [0.15, 0.2) is 11.5 Å². The van der Waals surface area contributed by atoms with E-state index in [9.17, 15) is 0 Å². The number of nitrogen functional groups attached to an aromatic ring is 1. The number of aromatic nitrogens is 2. The molecule has 0 saturated heterocycles. The normalized spacial score (nSPS) is 12.9. The quantitative estimate of drug-likeness (QED) is 0.859. The first kappa shape index (κ1) is 10.9. The Morgan fingerprint density at radius 3 is 3.06 bits per heavy atom. The van der Waals surface area contributed by atoms with Gasteiger partial charge in [0.2, 0.25) is 6.79 Å². The number of hydrogen-bond acceptors (Lipinski definition) is 5. The molecule has 2 aromatic rings. The lowest BCUT2D eigenvalue weighted by molar-refractivity contribution is 0.163. The van der Waals surface area contributed by atoms with E-state index in [0.29, 0.717) is 12.4 Å². The van der Waals surface area contributed by atoms with Gasteiger partial charge in [-0.15, -0.1) is 0 Å². The summed E-state index contributed by atoms with van der Waals surface area (Å²) in [4.78, 5) is 0. The fraction of sp³-hybridized carbons (Fsp3) is 0.250. The highest BCUT2D eigenvalue weighted by Gasteiger charge is 2.22. The molecule has 18 heavy (non-hydrogen) atoms. The number of anilines is 1. The second kappa shape index (κ2) is 4.23. The molecule has 0 amide bonds. The zero-order chi connectivity index (χ0) is 12.5. The van der Waals surface area contributed by atoms with Crippen molar-refractivity contribution in [2.45, 2.75) is 6.61 Å². The van der Waals surface area contributed by atoms with Crippen LogP contribution in [0.25, 0.3) is 11.3 Å². The Morgan fingerprint density at radius 2 is 2.33 bits per heavy atom. The van der Waals surface area contributed by atoms with Crippen molar-refractivity contribution in [2.24, 2.45) is 0 Å². The Kier molecular flexibility index (Phi) is 2.56. The Labute approximate surface area is 104 Å². The summed E-state index contributed by atoms with van der Waals surface area (Å²) in [6.07, 6.45) is 0. The minimum absolute atomic E-state index is 0.237. The van der Waals surface area contributed by atoms with Crippen molar-refractivity contribution in [1.29, 1.82) is 0 Å². The van der Waals surface area contributed by atoms with Gasteiger partial charge in [-0.05, 0) is 12.1 Å². The van der Waals surface area contributed by atoms with Crippen LogP contribution in [0.2, 0.25) is 0 Å². The molecule has 3 N–H and O–H groups in total. The summed E-state index contributed by atoms with van der Waals surface area (Å²) in [5.74, 6) is 1.91. The van der Waals surface area contributed by atoms with Gasteiger partial charge >= 0.3 is 0 Å². The molecule has 0 saturated carbocycles. The summed E-state index contributed by atoms with van der Waals surface area (Å²) in [5, 5.41) is 6.81. The number of nitrogens with one attached hydrogen (secondary N) is 1. The lowest BCUT2D eigenvalue weighted by atomic mass is 10.0. The summed E-state index contributed by atoms with van der Waals surface area (Å²) in [6.45, 7) is 0.668. The molecule has 6 nitrogen and oxygen atoms in total. The zero-order valence-electron chi connectivity index (χ0n) is 9.90. The van der Waals surface area contributed by atoms with Gasteiger partial charge < -0.3 is 19.9 Å². The van der Waals surface area contributed by atoms with Crippen molar-refractivity contribution >= 4 is 5.82 Å². The number of ether oxygens (including phenoxy) is 3. The highest BCUT2D eigenvalue weighted by Crippen LogP contribution is 2.41. The molecule has 1 aliphatic heterocycles. The van der Waals surface area contributed by atoms with E-state index in [0.717, 1.165) is 28.3 Å². The molecular formula is C12H13N3O3. The molecule has 0 fully saturated rings. The van der Waals surface area contributed by atoms with Gasteiger partial charge in [-0.1, -0.05) is 0 Å². The van der Waals surface area contributed by atoms with Gasteiger partial charge in [0.05, 0.1) is 12.3 Å². The fourth-order valence-corrected chi connectivity index (χ4v) is 2.05. The van der Waals surface area contributed by atoms with Gasteiger partial charge in [-0.3, -0.25) is 5.10 Å². The predicted octanol–water partition coefficient (Wildman–Crippen LogP) is 1.53. The number of hydrogen-bond donors (Lipinski definition) is 2. The Hall–Kier alpha value is -2.21. The first-order valence-electron chi connectivity index (χ1n) is 5.51. The van der Waals surface area contributed by atoms with E-state index in [1.54, 1.807) is 13.2 Å². The number of fused-ring (bicyclic) bond motifs is 1. The van der Waals surface area contributed by atoms with Crippen molar-refractivity contribution in [2.75, 3.05) is 19.6 Å². The average molecular weight is 247 g/mol. The van der Waals surface area contributed by atoms with Crippen molar-refractivity contribution in [1.82, 2.24) is 10.2 Å². The monoisotopic (exact) mass is 247 g/mol. The predicted molar refractivity (Wildman–Crippen MR) is 65.3 cm³/mol. The smallest absolute Gasteiger partial charge is 0.231 e. The maximum atomic E-state index is 5.62. The maximum Gasteiger partial charge on any atom is 0.231 e. The standard InChI is InChI=1S/C12H13N3O3/c1-16-5-8-7(9-4-11(13)15-14-9)2-3-10-12(8)18-6-17-10/h2-4H,5-6H2,1H3,(H3,13,14,15). The van der Waals surface area contributed by atoms with Gasteiger partial charge in [0.1, 0.15) is 5.82 Å². The van der Waals surface area contributed by atoms with E-state index >= 15 is 0 Å². The molecule has 1 aliphatic rings. The second-order valence-corrected chi connectivity index (χ2v) is 3.96. The first-order valence-corrected chi connectivity index (χ1v) is 5.51. The summed E-state index contributed by atoms with van der Waals surface area (Å²) >= 11 is 0. The summed E-state index contributed by atoms with van der Waals surface area (Å²) < 4.78 is 16.1. The van der Waals surface area contributed by atoms with E-state index in [1.165, 1.54) is 0 Å². The number of H-pyrrole nitrogens is 1. The third kappa shape index (κ3) is 1.67. The van der Waals surface area contributed by atoms with Gasteiger partial charge in [-0.2, -0.15) is 5.10 Å². The summed E-state index contributed by atoms with van der Waals surface area (Å²) in [6, 6.07) is 5.58. The molecule has 2 heterocycles. The largest absolute Gasteiger partial charge is 0.454 e. The van der Waals surface area contributed by atoms with Crippen LogP contribution in [0.5, 0.6) is 11.5 Å². The molecule has 3 rings (SSSR count). The van der Waals surface area contributed by atoms with Crippen LogP contribution in [0.4, 0.5) is 5.82 Å². The van der Waals surface area contributed by atoms with Crippen LogP contribution in [0, 0.1) is 0 Å². The van der Waals surface area contributed by atoms with Gasteiger partial charge in [-0.25, -0.2) is 0 Å². The van der Waals surface area contributed by atoms with Crippen LogP contribution < -0.4 is 15.2 Å². The highest BCUT2D eigenvalue weighted by atomic mass is 16.7. The molecular weight excluding hydrogens is 234 g/mol. The lowest BCUT2D eigenvalue weighted by Crippen LogP contribution is -1.97. The lowest BCUT2D eigenvalue weighted by Gasteiger charge is -2.10. The fourth-order valence-electron chi connectivity index (χ4n) is 2.05. The topological polar surface area (TPSA) is 82.4 Å². The molecule has 6 heteroatoms. The van der Waals surface area contributed by atoms with Crippen molar-refractivity contribution in [3.63, 3.8) is 0 Å². The number of benzene rings is 1. The van der Waals surface area contributed by atoms with E-state index in [4.69, 9.17) is 19.9 Å². The van der Waals surface area contributed by atoms with Crippen LogP contribution >= 0.6 is 0 Å². The molecule has 0 aliphatic carbocycles. The molecule has 1 aromatic carbocycles. The van der Waals surface area contributed by atoms with Crippen molar-refractivity contribution < 1.29 is 14.2 Å². The third-order valence-electron chi connectivity index (χ3n) is 2.82. The molecule has 1 aromatic heterocycles. The zero-order valence-corrected chi connectivity index (χ0v) is 9.90. The molecule has 94 valence electrons. The first-order chi connectivity index (χ1) is 8.79. The third-order valence-corrected chi connectivity index (χ3v) is 2.82. The Morgan fingerprint density at radius 1 is 1.44 bits per heavy atom. The highest BCUT2D eigenvalue weighted by molar-refractivity contribution is 5.71. The van der Waals surface area contributed by atoms with Gasteiger partial charge in [0.25, 0.3) is 0 Å². The van der Waals surface area contributed by atoms with Crippen LogP contribution in [-0.4, -0.2) is 24.1 Å². The van der Waals surface area contributed by atoms with Crippen molar-refractivity contribution in [3.8, 4) is 22.8 Å². The molecule has 0 radical (unpaired) electrons. The van der Waals surface area contributed by atoms with Crippen LogP contribution in [0.3, 0.4) is 0 Å². The van der Waals surface area contributed by atoms with E-state index in [2.05, 4.69) is 10.2 Å². The number of nitrogens with zero attached hydrogens (tertiary/aromatic N) is 1. The van der Waals surface area contributed by atoms with Gasteiger partial charge in [0, 0.05) is 24.3 Å². The Balaban J connectivity index is 2.14. The molecule has 0 atom stereocenters. The average Bonchev–Trinajstić information content (AvgIpc) is 2.98. The molecule has 0 unspecified atom stereocenters. The van der Waals surface area contributed by atoms with Crippen molar-refractivity contribution in [3.05, 3.63) is 23.8 Å². The number of rotatable bonds is 3. The Bertz CT molecular complexity index is 580. The number of methoxy groups -OCH3 is 1. The van der Waals surface area contributed by atoms with Crippen LogP contribution in [0.15, 0.2) is 18.2 Å². The summed E-state index contributed by atoms with van der Waals surface area (Å²) in [5.41, 5.74) is 8.33. The summed E-state index contributed by atoms with van der Waals surface area (Å²) in [7, 11) is 1.64. The minimum Gasteiger partial charge on any atom is -0.454 e. The van der Waals surface area contributed by atoms with E-state index in [-0.39, 0.29) is 6.79 Å². The van der Waals surface area contributed by atoms with Crippen LogP contribution in [-0.2, 0) is 11.3 Å². The molecule has 0 bridgehead atoms. The number of aromatic amines is 1. The maximum absolute atomic E-state index is 5.62. The van der Waals surface area contributed by atoms with Crippen LogP contribution in [0.1, 0.15) is 5.56 Å². The second-order valence-electron chi connectivity index (χ2n) is 3.96.